The molecule has 0 aliphatic carbocycles. The van der Waals surface area contributed by atoms with E-state index in [1.807, 2.05) is 21.1 Å². The number of nitrogens with zero attached hydrogens (tertiary/aromatic N) is 1. The molecule has 0 spiro atoms. The van der Waals surface area contributed by atoms with Gasteiger partial charge in [-0.25, -0.2) is 4.79 Å². The molecule has 62 heavy (non-hydrogen) atoms. The number of aliphatic carboxylic acids is 1. The van der Waals surface area contributed by atoms with Crippen LogP contribution in [0, 0.1) is 0 Å². The predicted octanol–water partition coefficient (Wildman–Crippen LogP) is 14.8. The zero-order valence-corrected chi connectivity index (χ0v) is 41.1. The number of esters is 2. The molecule has 2 atom stereocenters. The molecule has 0 aromatic rings. The molecule has 0 saturated heterocycles. The lowest BCUT2D eigenvalue weighted by molar-refractivity contribution is -0.887. The van der Waals surface area contributed by atoms with E-state index in [9.17, 15) is 19.5 Å². The molecule has 0 radical (unpaired) electrons. The Morgan fingerprint density at radius 3 is 1.35 bits per heavy atom. The fourth-order valence-electron chi connectivity index (χ4n) is 7.51. The fourth-order valence-corrected chi connectivity index (χ4v) is 7.51. The zero-order chi connectivity index (χ0) is 45.6. The summed E-state index contributed by atoms with van der Waals surface area (Å²) in [7, 11) is 5.53. The molecule has 0 aromatic heterocycles. The van der Waals surface area contributed by atoms with Gasteiger partial charge in [-0.2, -0.15) is 0 Å². The average Bonchev–Trinajstić information content (AvgIpc) is 3.23. The van der Waals surface area contributed by atoms with Crippen LogP contribution >= 0.6 is 0 Å². The van der Waals surface area contributed by atoms with E-state index in [1.54, 1.807) is 0 Å². The Morgan fingerprint density at radius 1 is 0.500 bits per heavy atom. The van der Waals surface area contributed by atoms with Crippen molar-refractivity contribution in [3.8, 4) is 0 Å². The van der Waals surface area contributed by atoms with Gasteiger partial charge in [0.2, 0.25) is 0 Å². The first-order valence-corrected chi connectivity index (χ1v) is 25.7. The van der Waals surface area contributed by atoms with Gasteiger partial charge in [-0.1, -0.05) is 184 Å². The van der Waals surface area contributed by atoms with E-state index in [1.165, 1.54) is 128 Å². The summed E-state index contributed by atoms with van der Waals surface area (Å²) in [5.41, 5.74) is 0. The highest BCUT2D eigenvalue weighted by Gasteiger charge is 2.31. The van der Waals surface area contributed by atoms with Gasteiger partial charge in [0, 0.05) is 19.3 Å². The smallest absolute Gasteiger partial charge is 0.362 e. The molecule has 8 heteroatoms. The first-order chi connectivity index (χ1) is 30.1. The molecule has 2 unspecified atom stereocenters. The van der Waals surface area contributed by atoms with Gasteiger partial charge >= 0.3 is 17.9 Å². The van der Waals surface area contributed by atoms with Crippen LogP contribution in [-0.2, 0) is 28.6 Å². The van der Waals surface area contributed by atoms with E-state index in [-0.39, 0.29) is 36.2 Å². The highest BCUT2D eigenvalue weighted by atomic mass is 16.6. The molecular formula is C54H98NO7+. The molecule has 8 nitrogen and oxygen atoms in total. The molecule has 0 amide bonds. The fraction of sp³-hybridized carbons (Fsp3) is 0.796. The third-order valence-electron chi connectivity index (χ3n) is 11.5. The summed E-state index contributed by atoms with van der Waals surface area (Å²) < 4.78 is 17.4. The van der Waals surface area contributed by atoms with Crippen LogP contribution in [0.5, 0.6) is 0 Å². The monoisotopic (exact) mass is 873 g/mol. The summed E-state index contributed by atoms with van der Waals surface area (Å²) in [4.78, 5) is 37.2. The molecule has 0 aliphatic heterocycles. The molecule has 360 valence electrons. The van der Waals surface area contributed by atoms with E-state index in [0.717, 1.165) is 64.2 Å². The maximum Gasteiger partial charge on any atom is 0.362 e. The van der Waals surface area contributed by atoms with Crippen LogP contribution in [0.4, 0.5) is 0 Å². The van der Waals surface area contributed by atoms with E-state index in [4.69, 9.17) is 14.2 Å². The number of hydrogen-bond donors (Lipinski definition) is 1. The Bertz CT molecular complexity index is 1150. The topological polar surface area (TPSA) is 99.1 Å². The van der Waals surface area contributed by atoms with Gasteiger partial charge in [-0.05, 0) is 70.6 Å². The van der Waals surface area contributed by atoms with Crippen LogP contribution in [0.15, 0.2) is 48.6 Å². The first-order valence-electron chi connectivity index (χ1n) is 25.7. The number of rotatable bonds is 46. The number of hydrogen-bond acceptors (Lipinski definition) is 6. The Labute approximate surface area is 382 Å². The van der Waals surface area contributed by atoms with Crippen LogP contribution in [0.1, 0.15) is 226 Å². The molecule has 0 bridgehead atoms. The normalized spacial score (nSPS) is 13.2. The molecule has 0 heterocycles. The number of carboxylic acids is 1. The predicted molar refractivity (Wildman–Crippen MR) is 261 cm³/mol. The third-order valence-corrected chi connectivity index (χ3v) is 11.5. The van der Waals surface area contributed by atoms with Crippen LogP contribution in [0.25, 0.3) is 0 Å². The van der Waals surface area contributed by atoms with Crippen molar-refractivity contribution in [3.63, 3.8) is 0 Å². The second-order valence-electron chi connectivity index (χ2n) is 18.4. The molecular weight excluding hydrogens is 775 g/mol. The molecule has 0 aromatic carbocycles. The Balaban J connectivity index is 4.25. The Hall–Kier alpha value is -2.71. The third kappa shape index (κ3) is 42.6. The number of likely N-dealkylation sites (N-methyl/N-ethyl adjacent to an activating group) is 1. The largest absolute Gasteiger partial charge is 0.477 e. The minimum atomic E-state index is -0.876. The maximum absolute atomic E-state index is 12.8. The van der Waals surface area contributed by atoms with Crippen molar-refractivity contribution in [2.24, 2.45) is 0 Å². The van der Waals surface area contributed by atoms with Crippen molar-refractivity contribution in [1.82, 2.24) is 0 Å². The molecule has 0 aliphatic rings. The SMILES string of the molecule is CC/C=C/C/C=C/C/C=C/CCCCCCCCCCCC(=O)OC(COCCC(C(=O)O)[N+](C)(C)C)COC(=O)CCCCCCCCC/C=C/CCCCCCCCCC. The average molecular weight is 873 g/mol. The first kappa shape index (κ1) is 59.3. The van der Waals surface area contributed by atoms with Gasteiger partial charge in [0.15, 0.2) is 12.1 Å². The number of carbonyl (C=O) groups is 3. The van der Waals surface area contributed by atoms with Gasteiger partial charge in [-0.3, -0.25) is 9.59 Å². The Kier molecular flexibility index (Phi) is 42.9. The highest BCUT2D eigenvalue weighted by molar-refractivity contribution is 5.72. The van der Waals surface area contributed by atoms with E-state index in [2.05, 4.69) is 62.5 Å². The summed E-state index contributed by atoms with van der Waals surface area (Å²) in [6, 6.07) is -0.617. The van der Waals surface area contributed by atoms with Crippen LogP contribution in [0.2, 0.25) is 0 Å². The van der Waals surface area contributed by atoms with E-state index < -0.39 is 18.1 Å². The van der Waals surface area contributed by atoms with E-state index in [0.29, 0.717) is 19.3 Å². The number of carbonyl (C=O) groups excluding carboxylic acids is 2. The second kappa shape index (κ2) is 44.9. The summed E-state index contributed by atoms with van der Waals surface area (Å²) in [5.74, 6) is -1.47. The van der Waals surface area contributed by atoms with Crippen molar-refractivity contribution in [2.75, 3.05) is 41.0 Å². The molecule has 1 N–H and O–H groups in total. The van der Waals surface area contributed by atoms with Crippen molar-refractivity contribution in [1.29, 1.82) is 0 Å². The number of quaternary nitrogens is 1. The van der Waals surface area contributed by atoms with Crippen LogP contribution in [0.3, 0.4) is 0 Å². The number of ether oxygens (including phenoxy) is 3. The van der Waals surface area contributed by atoms with Gasteiger partial charge in [0.25, 0.3) is 0 Å². The maximum atomic E-state index is 12.8. The lowest BCUT2D eigenvalue weighted by Gasteiger charge is -2.31. The van der Waals surface area contributed by atoms with Crippen molar-refractivity contribution < 1.29 is 38.2 Å². The van der Waals surface area contributed by atoms with Crippen molar-refractivity contribution >= 4 is 17.9 Å². The molecule has 0 saturated carbocycles. The highest BCUT2D eigenvalue weighted by Crippen LogP contribution is 2.15. The summed E-state index contributed by atoms with van der Waals surface area (Å²) >= 11 is 0. The van der Waals surface area contributed by atoms with Gasteiger partial charge in [0.1, 0.15) is 6.61 Å². The zero-order valence-electron chi connectivity index (χ0n) is 41.1. The number of carboxylic acid groups (broad SMARTS) is 1. The van der Waals surface area contributed by atoms with Gasteiger partial charge in [-0.15, -0.1) is 0 Å². The molecule has 0 fully saturated rings. The van der Waals surface area contributed by atoms with Crippen LogP contribution in [-0.4, -0.2) is 80.6 Å². The van der Waals surface area contributed by atoms with Crippen molar-refractivity contribution in [2.45, 2.75) is 238 Å². The summed E-state index contributed by atoms with van der Waals surface area (Å²) in [5, 5.41) is 9.65. The quantitative estimate of drug-likeness (QED) is 0.0281. The minimum absolute atomic E-state index is 0.0549. The number of unbranched alkanes of at least 4 members (excludes halogenated alkanes) is 24. The standard InChI is InChI=1S/C54H97NO7/c1-6-8-10-12-14-16-18-20-22-24-26-28-30-32-34-36-38-40-42-44-52(56)61-49-50(48-60-47-46-51(54(58)59)55(3,4)5)62-53(57)45-43-41-39-37-35-33-31-29-27-25-23-21-19-17-15-13-11-9-7-2/h9,11,15,17,21,23-24,26,50-51H,6-8,10,12-14,16,18-20,22,25,27-49H2,1-5H3/p+1/b11-9+,17-15+,23-21+,26-24+. The van der Waals surface area contributed by atoms with Gasteiger partial charge < -0.3 is 23.8 Å². The Morgan fingerprint density at radius 2 is 0.903 bits per heavy atom. The second-order valence-corrected chi connectivity index (χ2v) is 18.4. The summed E-state index contributed by atoms with van der Waals surface area (Å²) in [6.07, 6.45) is 54.4. The van der Waals surface area contributed by atoms with Gasteiger partial charge in [0.05, 0.1) is 34.4 Å². The van der Waals surface area contributed by atoms with Crippen LogP contribution < -0.4 is 0 Å². The molecule has 0 rings (SSSR count). The minimum Gasteiger partial charge on any atom is -0.477 e. The lowest BCUT2D eigenvalue weighted by Crippen LogP contribution is -2.50. The van der Waals surface area contributed by atoms with Crippen molar-refractivity contribution in [3.05, 3.63) is 48.6 Å². The lowest BCUT2D eigenvalue weighted by atomic mass is 10.1. The van der Waals surface area contributed by atoms with E-state index >= 15 is 0 Å². The summed E-state index contributed by atoms with van der Waals surface area (Å²) in [6.45, 7) is 4.64. The number of allylic oxidation sites excluding steroid dienone is 8.